The van der Waals surface area contributed by atoms with Crippen LogP contribution in [0.5, 0.6) is 0 Å². The van der Waals surface area contributed by atoms with Gasteiger partial charge in [0.25, 0.3) is 0 Å². The molecule has 7 heteroatoms. The van der Waals surface area contributed by atoms with Gasteiger partial charge in [-0.3, -0.25) is 9.59 Å². The van der Waals surface area contributed by atoms with Crippen molar-refractivity contribution in [3.63, 3.8) is 0 Å². The number of rotatable bonds is 3. The lowest BCUT2D eigenvalue weighted by atomic mass is 10.0. The highest BCUT2D eigenvalue weighted by molar-refractivity contribution is 5.96. The largest absolute Gasteiger partial charge is 0.417 e. The van der Waals surface area contributed by atoms with Gasteiger partial charge in [-0.1, -0.05) is 30.3 Å². The number of carbonyl (C=O) groups excluding carboxylic acids is 2. The molecule has 1 aliphatic rings. The van der Waals surface area contributed by atoms with Gasteiger partial charge in [-0.25, -0.2) is 0 Å². The van der Waals surface area contributed by atoms with E-state index < -0.39 is 17.7 Å². The summed E-state index contributed by atoms with van der Waals surface area (Å²) in [6.07, 6.45) is -3.40. The first-order valence-corrected chi connectivity index (χ1v) is 6.78. The SMILES string of the molecule is O=C(C=C(c1ccccc1)C(F)(F)F)NC1CCC(=O)NC1. The van der Waals surface area contributed by atoms with Crippen LogP contribution < -0.4 is 10.6 Å². The highest BCUT2D eigenvalue weighted by Crippen LogP contribution is 2.33. The predicted molar refractivity (Wildman–Crippen MR) is 74.6 cm³/mol. The number of hydrogen-bond donors (Lipinski definition) is 2. The Morgan fingerprint density at radius 1 is 1.27 bits per heavy atom. The van der Waals surface area contributed by atoms with Crippen LogP contribution in [0.25, 0.3) is 5.57 Å². The lowest BCUT2D eigenvalue weighted by Crippen LogP contribution is -2.47. The fourth-order valence-electron chi connectivity index (χ4n) is 2.18. The molecule has 1 heterocycles. The fraction of sp³-hybridized carbons (Fsp3) is 0.333. The first kappa shape index (κ1) is 16.1. The molecule has 1 aromatic rings. The van der Waals surface area contributed by atoms with Crippen LogP contribution in [0.1, 0.15) is 18.4 Å². The molecule has 1 unspecified atom stereocenters. The van der Waals surface area contributed by atoms with Gasteiger partial charge >= 0.3 is 6.18 Å². The summed E-state index contributed by atoms with van der Waals surface area (Å²) < 4.78 is 39.3. The van der Waals surface area contributed by atoms with Crippen LogP contribution in [-0.4, -0.2) is 30.6 Å². The topological polar surface area (TPSA) is 58.2 Å². The molecule has 1 aromatic carbocycles. The number of hydrogen-bond acceptors (Lipinski definition) is 2. The molecule has 1 saturated heterocycles. The summed E-state index contributed by atoms with van der Waals surface area (Å²) in [5.41, 5.74) is -1.06. The molecule has 4 nitrogen and oxygen atoms in total. The average molecular weight is 312 g/mol. The normalized spacial score (nSPS) is 19.5. The van der Waals surface area contributed by atoms with Crippen LogP contribution in [-0.2, 0) is 9.59 Å². The van der Waals surface area contributed by atoms with Crippen LogP contribution in [0.15, 0.2) is 36.4 Å². The Hall–Kier alpha value is -2.31. The predicted octanol–water partition coefficient (Wildman–Crippen LogP) is 2.03. The molecule has 0 spiro atoms. The van der Waals surface area contributed by atoms with E-state index in [0.717, 1.165) is 0 Å². The summed E-state index contributed by atoms with van der Waals surface area (Å²) >= 11 is 0. The number of allylic oxidation sites excluding steroid dienone is 1. The molecule has 2 N–H and O–H groups in total. The molecule has 0 bridgehead atoms. The third kappa shape index (κ3) is 4.34. The van der Waals surface area contributed by atoms with Crippen LogP contribution in [0, 0.1) is 0 Å². The lowest BCUT2D eigenvalue weighted by molar-refractivity contribution is -0.124. The summed E-state index contributed by atoms with van der Waals surface area (Å²) in [5.74, 6) is -0.946. The maximum absolute atomic E-state index is 13.1. The number of alkyl halides is 3. The molecule has 0 radical (unpaired) electrons. The van der Waals surface area contributed by atoms with Crippen molar-refractivity contribution in [3.8, 4) is 0 Å². The molecule has 118 valence electrons. The Morgan fingerprint density at radius 3 is 2.50 bits per heavy atom. The number of carbonyl (C=O) groups is 2. The highest BCUT2D eigenvalue weighted by Gasteiger charge is 2.35. The number of amides is 2. The van der Waals surface area contributed by atoms with Gasteiger partial charge in [0, 0.05) is 25.1 Å². The Kier molecular flexibility index (Phi) is 4.85. The van der Waals surface area contributed by atoms with Crippen molar-refractivity contribution in [3.05, 3.63) is 42.0 Å². The van der Waals surface area contributed by atoms with E-state index in [0.29, 0.717) is 12.5 Å². The van der Waals surface area contributed by atoms with Crippen molar-refractivity contribution in [2.45, 2.75) is 25.1 Å². The van der Waals surface area contributed by atoms with Gasteiger partial charge in [-0.05, 0) is 12.0 Å². The van der Waals surface area contributed by atoms with Gasteiger partial charge in [0.15, 0.2) is 0 Å². The summed E-state index contributed by atoms with van der Waals surface area (Å²) in [6, 6.07) is 6.79. The van der Waals surface area contributed by atoms with E-state index in [9.17, 15) is 22.8 Å². The van der Waals surface area contributed by atoms with Gasteiger partial charge in [-0.2, -0.15) is 13.2 Å². The van der Waals surface area contributed by atoms with Crippen LogP contribution >= 0.6 is 0 Å². The number of nitrogens with one attached hydrogen (secondary N) is 2. The second-order valence-electron chi connectivity index (χ2n) is 4.97. The van der Waals surface area contributed by atoms with Crippen molar-refractivity contribution in [2.75, 3.05) is 6.54 Å². The minimum absolute atomic E-state index is 0.0675. The summed E-state index contributed by atoms with van der Waals surface area (Å²) in [5, 5.41) is 5.04. The standard InChI is InChI=1S/C15H15F3N2O2/c16-15(17,18)12(10-4-2-1-3-5-10)8-14(22)20-11-6-7-13(21)19-9-11/h1-5,8,11H,6-7,9H2,(H,19,21)(H,20,22). The van der Waals surface area contributed by atoms with E-state index in [1.165, 1.54) is 24.3 Å². The zero-order valence-corrected chi connectivity index (χ0v) is 11.6. The second kappa shape index (κ2) is 6.64. The maximum atomic E-state index is 13.1. The maximum Gasteiger partial charge on any atom is 0.417 e. The summed E-state index contributed by atoms with van der Waals surface area (Å²) in [6.45, 7) is 0.227. The minimum atomic E-state index is -4.63. The Morgan fingerprint density at radius 2 is 1.95 bits per heavy atom. The zero-order chi connectivity index (χ0) is 16.2. The van der Waals surface area contributed by atoms with Crippen LogP contribution in [0.4, 0.5) is 13.2 Å². The van der Waals surface area contributed by atoms with Gasteiger partial charge in [-0.15, -0.1) is 0 Å². The molecule has 0 aromatic heterocycles. The van der Waals surface area contributed by atoms with Gasteiger partial charge in [0.05, 0.1) is 5.57 Å². The highest BCUT2D eigenvalue weighted by atomic mass is 19.4. The molecular weight excluding hydrogens is 297 g/mol. The van der Waals surface area contributed by atoms with Gasteiger partial charge in [0.1, 0.15) is 0 Å². The number of halogens is 3. The third-order valence-corrected chi connectivity index (χ3v) is 3.28. The average Bonchev–Trinajstić information content (AvgIpc) is 2.47. The van der Waals surface area contributed by atoms with Gasteiger partial charge in [0.2, 0.25) is 11.8 Å². The summed E-state index contributed by atoms with van der Waals surface area (Å²) in [7, 11) is 0. The Labute approximate surface area is 125 Å². The van der Waals surface area contributed by atoms with Crippen molar-refractivity contribution >= 4 is 17.4 Å². The van der Waals surface area contributed by atoms with E-state index in [2.05, 4.69) is 10.6 Å². The molecule has 1 atom stereocenters. The first-order chi connectivity index (χ1) is 10.4. The van der Waals surface area contributed by atoms with Crippen molar-refractivity contribution in [1.29, 1.82) is 0 Å². The van der Waals surface area contributed by atoms with Gasteiger partial charge < -0.3 is 10.6 Å². The van der Waals surface area contributed by atoms with E-state index in [4.69, 9.17) is 0 Å². The van der Waals surface area contributed by atoms with E-state index in [1.807, 2.05) is 0 Å². The number of benzene rings is 1. The molecule has 2 rings (SSSR count). The molecule has 0 aliphatic carbocycles. The molecule has 0 saturated carbocycles. The van der Waals surface area contributed by atoms with Crippen molar-refractivity contribution < 1.29 is 22.8 Å². The zero-order valence-electron chi connectivity index (χ0n) is 11.6. The molecule has 1 aliphatic heterocycles. The van der Waals surface area contributed by atoms with E-state index in [1.54, 1.807) is 6.07 Å². The second-order valence-corrected chi connectivity index (χ2v) is 4.97. The quantitative estimate of drug-likeness (QED) is 0.839. The van der Waals surface area contributed by atoms with Crippen LogP contribution in [0.2, 0.25) is 0 Å². The minimum Gasteiger partial charge on any atom is -0.354 e. The number of piperidine rings is 1. The third-order valence-electron chi connectivity index (χ3n) is 3.28. The van der Waals surface area contributed by atoms with Crippen LogP contribution in [0.3, 0.4) is 0 Å². The fourth-order valence-corrected chi connectivity index (χ4v) is 2.18. The van der Waals surface area contributed by atoms with E-state index >= 15 is 0 Å². The first-order valence-electron chi connectivity index (χ1n) is 6.78. The Balaban J connectivity index is 2.12. The molecular formula is C15H15F3N2O2. The van der Waals surface area contributed by atoms with Crippen molar-refractivity contribution in [1.82, 2.24) is 10.6 Å². The van der Waals surface area contributed by atoms with Crippen molar-refractivity contribution in [2.24, 2.45) is 0 Å². The lowest BCUT2D eigenvalue weighted by Gasteiger charge is -2.23. The summed E-state index contributed by atoms with van der Waals surface area (Å²) in [4.78, 5) is 22.8. The monoisotopic (exact) mass is 312 g/mol. The molecule has 22 heavy (non-hydrogen) atoms. The van der Waals surface area contributed by atoms with E-state index in [-0.39, 0.29) is 30.5 Å². The smallest absolute Gasteiger partial charge is 0.354 e. The molecule has 2 amide bonds. The molecule has 1 fully saturated rings. The Bertz CT molecular complexity index is 572.